The first-order chi connectivity index (χ1) is 10.4. The number of anilines is 1. The Hall–Kier alpha value is -1.66. The van der Waals surface area contributed by atoms with Gasteiger partial charge in [-0.25, -0.2) is 12.7 Å². The minimum atomic E-state index is -3.12. The van der Waals surface area contributed by atoms with Gasteiger partial charge in [0.1, 0.15) is 0 Å². The smallest absolute Gasteiger partial charge is 0.211 e. The zero-order valence-electron chi connectivity index (χ0n) is 12.9. The lowest BCUT2D eigenvalue weighted by Crippen LogP contribution is -2.44. The number of para-hydroxylation sites is 1. The molecule has 1 unspecified atom stereocenters. The molecule has 0 radical (unpaired) electrons. The second kappa shape index (κ2) is 5.85. The SMILES string of the molecule is Cc1cc(NC2CCCN(S(C)(=O)=O)C2)c2ccccc2n1. The van der Waals surface area contributed by atoms with E-state index in [1.807, 2.05) is 37.3 Å². The number of fused-ring (bicyclic) bond motifs is 1. The van der Waals surface area contributed by atoms with Gasteiger partial charge in [-0.2, -0.15) is 0 Å². The molecular weight excluding hydrogens is 298 g/mol. The van der Waals surface area contributed by atoms with Crippen molar-refractivity contribution in [3.8, 4) is 0 Å². The Morgan fingerprint density at radius 1 is 1.32 bits per heavy atom. The number of piperidine rings is 1. The van der Waals surface area contributed by atoms with Gasteiger partial charge in [0.15, 0.2) is 0 Å². The summed E-state index contributed by atoms with van der Waals surface area (Å²) in [6.45, 7) is 3.11. The van der Waals surface area contributed by atoms with Gasteiger partial charge in [0.05, 0.1) is 11.8 Å². The zero-order chi connectivity index (χ0) is 15.7. The normalized spacial score (nSPS) is 20.2. The van der Waals surface area contributed by atoms with Gasteiger partial charge in [-0.15, -0.1) is 0 Å². The summed E-state index contributed by atoms with van der Waals surface area (Å²) in [7, 11) is -3.12. The molecule has 0 amide bonds. The van der Waals surface area contributed by atoms with Crippen LogP contribution in [0.4, 0.5) is 5.69 Å². The standard InChI is InChI=1S/C16H21N3O2S/c1-12-10-16(14-7-3-4-8-15(14)17-12)18-13-6-5-9-19(11-13)22(2,20)21/h3-4,7-8,10,13H,5-6,9,11H2,1-2H3,(H,17,18). The summed E-state index contributed by atoms with van der Waals surface area (Å²) in [5.41, 5.74) is 2.95. The largest absolute Gasteiger partial charge is 0.380 e. The molecule has 1 aromatic carbocycles. The predicted molar refractivity (Wildman–Crippen MR) is 89.5 cm³/mol. The maximum atomic E-state index is 11.7. The van der Waals surface area contributed by atoms with Crippen molar-refractivity contribution in [1.29, 1.82) is 0 Å². The van der Waals surface area contributed by atoms with Gasteiger partial charge >= 0.3 is 0 Å². The lowest BCUT2D eigenvalue weighted by molar-refractivity contribution is 0.329. The molecule has 118 valence electrons. The number of benzene rings is 1. The number of hydrogen-bond acceptors (Lipinski definition) is 4. The Morgan fingerprint density at radius 2 is 2.09 bits per heavy atom. The summed E-state index contributed by atoms with van der Waals surface area (Å²) in [6, 6.07) is 10.2. The number of nitrogens with one attached hydrogen (secondary N) is 1. The third-order valence-corrected chi connectivity index (χ3v) is 5.33. The van der Waals surface area contributed by atoms with Crippen LogP contribution in [-0.2, 0) is 10.0 Å². The van der Waals surface area contributed by atoms with Crippen LogP contribution in [0.2, 0.25) is 0 Å². The molecule has 1 saturated heterocycles. The molecule has 2 heterocycles. The third kappa shape index (κ3) is 3.23. The Kier molecular flexibility index (Phi) is 4.06. The number of hydrogen-bond donors (Lipinski definition) is 1. The van der Waals surface area contributed by atoms with Crippen molar-refractivity contribution in [2.45, 2.75) is 25.8 Å². The second-order valence-electron chi connectivity index (χ2n) is 5.93. The Balaban J connectivity index is 1.87. The fourth-order valence-electron chi connectivity index (χ4n) is 3.01. The highest BCUT2D eigenvalue weighted by Crippen LogP contribution is 2.25. The van der Waals surface area contributed by atoms with Crippen molar-refractivity contribution < 1.29 is 8.42 Å². The lowest BCUT2D eigenvalue weighted by atomic mass is 10.1. The molecule has 0 aliphatic carbocycles. The van der Waals surface area contributed by atoms with E-state index in [1.165, 1.54) is 6.26 Å². The molecule has 0 spiro atoms. The van der Waals surface area contributed by atoms with Gasteiger partial charge in [0, 0.05) is 35.9 Å². The molecule has 1 fully saturated rings. The molecular formula is C16H21N3O2S. The molecule has 2 aromatic rings. The summed E-state index contributed by atoms with van der Waals surface area (Å²) in [5.74, 6) is 0. The average molecular weight is 319 g/mol. The highest BCUT2D eigenvalue weighted by Gasteiger charge is 2.26. The van der Waals surface area contributed by atoms with Crippen LogP contribution in [0.15, 0.2) is 30.3 Å². The minimum Gasteiger partial charge on any atom is -0.380 e. The van der Waals surface area contributed by atoms with Crippen molar-refractivity contribution in [1.82, 2.24) is 9.29 Å². The fraction of sp³-hybridized carbons (Fsp3) is 0.438. The van der Waals surface area contributed by atoms with Crippen LogP contribution in [0.5, 0.6) is 0 Å². The topological polar surface area (TPSA) is 62.3 Å². The number of rotatable bonds is 3. The molecule has 0 bridgehead atoms. The quantitative estimate of drug-likeness (QED) is 0.943. The van der Waals surface area contributed by atoms with Crippen LogP contribution in [0.1, 0.15) is 18.5 Å². The van der Waals surface area contributed by atoms with Gasteiger partial charge in [-0.3, -0.25) is 4.98 Å². The Bertz CT molecular complexity index is 789. The van der Waals surface area contributed by atoms with Crippen LogP contribution in [0.3, 0.4) is 0 Å². The number of aryl methyl sites for hydroxylation is 1. The zero-order valence-corrected chi connectivity index (χ0v) is 13.7. The van der Waals surface area contributed by atoms with Crippen molar-refractivity contribution in [3.05, 3.63) is 36.0 Å². The van der Waals surface area contributed by atoms with E-state index < -0.39 is 10.0 Å². The van der Waals surface area contributed by atoms with Gasteiger partial charge in [0.25, 0.3) is 0 Å². The molecule has 3 rings (SSSR count). The van der Waals surface area contributed by atoms with Crippen LogP contribution in [0.25, 0.3) is 10.9 Å². The summed E-state index contributed by atoms with van der Waals surface area (Å²) in [6.07, 6.45) is 3.13. The van der Waals surface area contributed by atoms with E-state index in [-0.39, 0.29) is 6.04 Å². The van der Waals surface area contributed by atoms with Gasteiger partial charge < -0.3 is 5.32 Å². The summed E-state index contributed by atoms with van der Waals surface area (Å²) >= 11 is 0. The van der Waals surface area contributed by atoms with E-state index in [4.69, 9.17) is 0 Å². The first kappa shape index (κ1) is 15.2. The monoisotopic (exact) mass is 319 g/mol. The summed E-state index contributed by atoms with van der Waals surface area (Å²) in [5, 5.41) is 4.59. The van der Waals surface area contributed by atoms with Crippen molar-refractivity contribution in [2.75, 3.05) is 24.7 Å². The van der Waals surface area contributed by atoms with E-state index in [1.54, 1.807) is 4.31 Å². The third-order valence-electron chi connectivity index (χ3n) is 4.06. The van der Waals surface area contributed by atoms with Gasteiger partial charge in [0.2, 0.25) is 10.0 Å². The first-order valence-corrected chi connectivity index (χ1v) is 9.36. The van der Waals surface area contributed by atoms with Gasteiger partial charge in [-0.1, -0.05) is 18.2 Å². The molecule has 6 heteroatoms. The van der Waals surface area contributed by atoms with Crippen LogP contribution in [0, 0.1) is 6.92 Å². The molecule has 1 N–H and O–H groups in total. The van der Waals surface area contributed by atoms with E-state index in [2.05, 4.69) is 10.3 Å². The maximum Gasteiger partial charge on any atom is 0.211 e. The highest BCUT2D eigenvalue weighted by molar-refractivity contribution is 7.88. The van der Waals surface area contributed by atoms with Crippen LogP contribution < -0.4 is 5.32 Å². The van der Waals surface area contributed by atoms with Crippen molar-refractivity contribution >= 4 is 26.6 Å². The molecule has 5 nitrogen and oxygen atoms in total. The highest BCUT2D eigenvalue weighted by atomic mass is 32.2. The molecule has 1 atom stereocenters. The average Bonchev–Trinajstić information content (AvgIpc) is 2.46. The van der Waals surface area contributed by atoms with E-state index in [0.717, 1.165) is 35.1 Å². The lowest BCUT2D eigenvalue weighted by Gasteiger charge is -2.32. The van der Waals surface area contributed by atoms with E-state index >= 15 is 0 Å². The van der Waals surface area contributed by atoms with Crippen molar-refractivity contribution in [3.63, 3.8) is 0 Å². The Labute approximate surface area is 131 Å². The number of sulfonamides is 1. The summed E-state index contributed by atoms with van der Waals surface area (Å²) in [4.78, 5) is 4.54. The molecule has 0 saturated carbocycles. The summed E-state index contributed by atoms with van der Waals surface area (Å²) < 4.78 is 25.0. The number of pyridine rings is 1. The Morgan fingerprint density at radius 3 is 2.86 bits per heavy atom. The van der Waals surface area contributed by atoms with Crippen LogP contribution >= 0.6 is 0 Å². The number of aromatic nitrogens is 1. The second-order valence-corrected chi connectivity index (χ2v) is 7.92. The molecule has 1 aromatic heterocycles. The van der Waals surface area contributed by atoms with E-state index in [0.29, 0.717) is 13.1 Å². The predicted octanol–water partition coefficient (Wildman–Crippen LogP) is 2.38. The molecule has 1 aliphatic heterocycles. The maximum absolute atomic E-state index is 11.7. The molecule has 1 aliphatic rings. The fourth-order valence-corrected chi connectivity index (χ4v) is 3.92. The van der Waals surface area contributed by atoms with Gasteiger partial charge in [-0.05, 0) is 31.9 Å². The molecule has 22 heavy (non-hydrogen) atoms. The number of nitrogens with zero attached hydrogens (tertiary/aromatic N) is 2. The van der Waals surface area contributed by atoms with E-state index in [9.17, 15) is 8.42 Å². The van der Waals surface area contributed by atoms with Crippen LogP contribution in [-0.4, -0.2) is 43.1 Å². The minimum absolute atomic E-state index is 0.133. The first-order valence-electron chi connectivity index (χ1n) is 7.51. The van der Waals surface area contributed by atoms with Crippen molar-refractivity contribution in [2.24, 2.45) is 0 Å².